The topological polar surface area (TPSA) is 517 Å². The van der Waals surface area contributed by atoms with Crippen LogP contribution in [0.25, 0.3) is 0 Å². The number of nitrogens with two attached hydrogens (primary N) is 12. The zero-order valence-corrected chi connectivity index (χ0v) is 93.4. The minimum Gasteiger partial charge on any atom is -0.330 e. The van der Waals surface area contributed by atoms with Crippen LogP contribution in [0.1, 0.15) is 365 Å². The van der Waals surface area contributed by atoms with Gasteiger partial charge in [-0.25, -0.2) is 0 Å². The third-order valence-electron chi connectivity index (χ3n) is 20.7. The van der Waals surface area contributed by atoms with Crippen molar-refractivity contribution in [3.8, 4) is 0 Å². The summed E-state index contributed by atoms with van der Waals surface area (Å²) in [4.78, 5) is 0. The lowest BCUT2D eigenvalue weighted by Crippen LogP contribution is -2.23. The quantitative estimate of drug-likeness (QED) is 0.0199. The molecule has 0 unspecified atom stereocenters. The van der Waals surface area contributed by atoms with Gasteiger partial charge in [-0.2, -0.15) is 0 Å². The molecule has 0 aliphatic carbocycles. The molecule has 0 aromatic carbocycles. The molecule has 0 aromatic rings. The van der Waals surface area contributed by atoms with Crippen LogP contribution in [0.4, 0.5) is 0 Å². The molecule has 0 aromatic heterocycles. The Hall–Kier alpha value is -1.68. The smallest absolute Gasteiger partial charge is 0.00745 e. The second-order valence-electron chi connectivity index (χ2n) is 34.4. The molecule has 0 aliphatic heterocycles. The van der Waals surface area contributed by atoms with Gasteiger partial charge in [0.05, 0.1) is 0 Å². The molecule has 0 saturated carbocycles. The maximum absolute atomic E-state index is 5.41. The molecule has 0 spiro atoms. The molecule has 0 radical (unpaired) electrons. The number of hydrogen-bond donors (Lipinski definition) is 29. The summed E-state index contributed by atoms with van der Waals surface area (Å²) >= 11 is 0. The van der Waals surface area contributed by atoms with Gasteiger partial charge in [0.2, 0.25) is 0 Å². The summed E-state index contributed by atoms with van der Waals surface area (Å²) in [6, 6.07) is 0. The van der Waals surface area contributed by atoms with E-state index in [9.17, 15) is 0 Å². The fourth-order valence-electron chi connectivity index (χ4n) is 12.3. The molecule has 0 atom stereocenters. The van der Waals surface area contributed by atoms with Crippen LogP contribution in [-0.2, 0) is 0 Å². The van der Waals surface area contributed by atoms with Crippen LogP contribution in [0.2, 0.25) is 0 Å². The number of rotatable bonds is 97. The first kappa shape index (κ1) is 159. The Bertz CT molecular complexity index is 1480. The Morgan fingerprint density at radius 1 is 0.148 bits per heavy atom. The molecular weight excluding hydrogens is 1680 g/mol. The Balaban J connectivity index is -0.000000111. The van der Waals surface area contributed by atoms with E-state index < -0.39 is 0 Å². The molecule has 41 N–H and O–H groups in total. The SMILES string of the molecule is C/C=C/CCNCCCCCN.C/C=C/CCNCCCCCN.CCCCCCN.CCCNCCN.CCNCCCCCN.CCNCCCCCN.CCNCCCCCNCCN.CNCCCCCNCCCCCN.CNCCCCCNCCCCCN.CNCCCCCNCCCCCN.CNCCCCCNCCCCCN.CNCCCCCNCCN.[HH]. The molecule has 832 valence electrons. The Labute approximate surface area is 847 Å². The summed E-state index contributed by atoms with van der Waals surface area (Å²) in [7, 11) is 10.0. The molecule has 0 bridgehead atoms. The highest BCUT2D eigenvalue weighted by atomic mass is 14.9. The fraction of sp³-hybridized carbons (Fsp3) is 0.962. The molecule has 0 amide bonds. The average molecular weight is 1940 g/mol. The molecule has 29 nitrogen and oxygen atoms in total. The Morgan fingerprint density at radius 2 is 0.296 bits per heavy atom. The van der Waals surface area contributed by atoms with Gasteiger partial charge in [0.15, 0.2) is 0 Å². The summed E-state index contributed by atoms with van der Waals surface area (Å²) < 4.78 is 0. The minimum absolute atomic E-state index is 0. The van der Waals surface area contributed by atoms with Crippen LogP contribution in [-0.4, -0.2) is 304 Å². The predicted octanol–water partition coefficient (Wildman–Crippen LogP) is 11.1. The van der Waals surface area contributed by atoms with Gasteiger partial charge in [-0.1, -0.05) is 168 Å². The van der Waals surface area contributed by atoms with Crippen molar-refractivity contribution in [2.75, 3.05) is 304 Å². The molecule has 0 heterocycles. The van der Waals surface area contributed by atoms with E-state index in [1.807, 2.05) is 35.2 Å². The maximum Gasteiger partial charge on any atom is 0.00745 e. The lowest BCUT2D eigenvalue weighted by atomic mass is 10.2. The maximum atomic E-state index is 5.41. The van der Waals surface area contributed by atoms with Crippen molar-refractivity contribution in [1.82, 2.24) is 90.4 Å². The van der Waals surface area contributed by atoms with Crippen molar-refractivity contribution in [3.63, 3.8) is 0 Å². The highest BCUT2D eigenvalue weighted by molar-refractivity contribution is 4.78. The first-order valence-electron chi connectivity index (χ1n) is 56.8. The molecule has 29 heteroatoms. The van der Waals surface area contributed by atoms with E-state index in [2.05, 4.69) is 163 Å². The van der Waals surface area contributed by atoms with E-state index in [1.54, 1.807) is 0 Å². The molecule has 0 saturated heterocycles. The van der Waals surface area contributed by atoms with Crippen LogP contribution >= 0.6 is 0 Å². The van der Waals surface area contributed by atoms with Crippen LogP contribution in [0.5, 0.6) is 0 Å². The zero-order chi connectivity index (χ0) is 102. The summed E-state index contributed by atoms with van der Waals surface area (Å²) in [5.74, 6) is 0. The van der Waals surface area contributed by atoms with Crippen molar-refractivity contribution in [1.29, 1.82) is 0 Å². The minimum atomic E-state index is 0. The second kappa shape index (κ2) is 191. The zero-order valence-electron chi connectivity index (χ0n) is 93.4. The standard InChI is InChI=1S/4C11H27N3.2C10H22N2.C9H23N3.C8H21N3.2C7H18N2.C6H15N.C5H14N2.H2/c4*1-13-9-5-3-7-11-14-10-6-2-4-8-12;2*1-2-3-6-9-12-10-7-4-5-8-11;1-2-11-7-4-3-5-8-12-9-6-10;1-10-6-3-2-4-7-11-8-5-9;2*1-2-9-7-5-3-4-6-8;1-2-3-4-5-6-7;1-2-4-7-5-3-6;/h4*13-14H,2-12H2,1H3;2*2-3,12H,4-11H2,1H3;11-12H,2-10H2,1H3;10-11H,2-9H2,1H3;2*9H,2-8H2,1H3;2-7H2,1H3;7H,2-6H2,1H3;1H/b;;;;2*3-2+;;;;;;;. The van der Waals surface area contributed by atoms with E-state index in [0.717, 1.165) is 268 Å². The van der Waals surface area contributed by atoms with Crippen LogP contribution < -0.4 is 159 Å². The van der Waals surface area contributed by atoms with Crippen molar-refractivity contribution in [2.45, 2.75) is 363 Å². The van der Waals surface area contributed by atoms with E-state index in [0.29, 0.717) is 0 Å². The lowest BCUT2D eigenvalue weighted by molar-refractivity contribution is 0.565. The summed E-state index contributed by atoms with van der Waals surface area (Å²) in [5, 5.41) is 55.9. The monoisotopic (exact) mass is 1940 g/mol. The largest absolute Gasteiger partial charge is 0.330 e. The first-order valence-corrected chi connectivity index (χ1v) is 56.8. The molecule has 0 fully saturated rings. The van der Waals surface area contributed by atoms with Crippen LogP contribution in [0.3, 0.4) is 0 Å². The van der Waals surface area contributed by atoms with Crippen molar-refractivity contribution in [2.24, 2.45) is 68.8 Å². The van der Waals surface area contributed by atoms with E-state index in [1.165, 1.54) is 315 Å². The predicted molar refractivity (Wildman–Crippen MR) is 619 cm³/mol. The van der Waals surface area contributed by atoms with Gasteiger partial charge in [-0.3, -0.25) is 0 Å². The number of nitrogens with one attached hydrogen (secondary N) is 17. The third kappa shape index (κ3) is 237. The first-order chi connectivity index (χ1) is 66.5. The Kier molecular flexibility index (Phi) is 224. The highest BCUT2D eigenvalue weighted by Gasteiger charge is 1.98. The van der Waals surface area contributed by atoms with Gasteiger partial charge >= 0.3 is 0 Å². The van der Waals surface area contributed by atoms with Crippen LogP contribution in [0, 0.1) is 0 Å². The fourth-order valence-corrected chi connectivity index (χ4v) is 12.3. The highest BCUT2D eigenvalue weighted by Crippen LogP contribution is 2.02. The number of allylic oxidation sites excluding steroid dienone is 2. The second-order valence-corrected chi connectivity index (χ2v) is 34.4. The summed E-state index contributed by atoms with van der Waals surface area (Å²) in [6.07, 6.45) is 70.3. The molecule has 0 aliphatic rings. The van der Waals surface area contributed by atoms with Crippen molar-refractivity contribution < 1.29 is 1.43 Å². The lowest BCUT2D eigenvalue weighted by Gasteiger charge is -2.04. The van der Waals surface area contributed by atoms with E-state index in [-0.39, 0.29) is 1.43 Å². The van der Waals surface area contributed by atoms with Gasteiger partial charge < -0.3 is 159 Å². The average Bonchev–Trinajstić information content (AvgIpc) is 1.12. The van der Waals surface area contributed by atoms with Gasteiger partial charge in [0, 0.05) is 40.7 Å². The van der Waals surface area contributed by atoms with Gasteiger partial charge in [-0.05, 0) is 484 Å². The van der Waals surface area contributed by atoms with Crippen LogP contribution in [0.15, 0.2) is 24.3 Å². The Morgan fingerprint density at radius 3 is 0.444 bits per heavy atom. The number of hydrogen-bond acceptors (Lipinski definition) is 29. The molecule has 0 rings (SSSR count). The van der Waals surface area contributed by atoms with E-state index in [4.69, 9.17) is 68.8 Å². The van der Waals surface area contributed by atoms with Gasteiger partial charge in [-0.15, -0.1) is 0 Å². The molecule has 135 heavy (non-hydrogen) atoms. The summed E-state index contributed by atoms with van der Waals surface area (Å²) in [5.41, 5.74) is 64.2. The van der Waals surface area contributed by atoms with Gasteiger partial charge in [0.25, 0.3) is 0 Å². The normalized spacial score (nSPS) is 10.5. The third-order valence-corrected chi connectivity index (χ3v) is 20.7. The summed E-state index contributed by atoms with van der Waals surface area (Å²) in [6.45, 7) is 57.1. The molecular formula is C106H263N29. The van der Waals surface area contributed by atoms with Gasteiger partial charge in [0.1, 0.15) is 0 Å². The van der Waals surface area contributed by atoms with Crippen molar-refractivity contribution >= 4 is 0 Å². The number of unbranched alkanes of at least 4 members (excludes halogenated alkanes) is 31. The van der Waals surface area contributed by atoms with E-state index >= 15 is 0 Å². The van der Waals surface area contributed by atoms with Crippen molar-refractivity contribution in [3.05, 3.63) is 24.3 Å².